The molecule has 0 radical (unpaired) electrons. The fourth-order valence-electron chi connectivity index (χ4n) is 2.43. The predicted molar refractivity (Wildman–Crippen MR) is 77.9 cm³/mol. The van der Waals surface area contributed by atoms with Crippen molar-refractivity contribution in [2.45, 2.75) is 19.6 Å². The SMILES string of the molecule is COCc1nc(N2CCc3ccccc32)sc1CN. The summed E-state index contributed by atoms with van der Waals surface area (Å²) in [5.41, 5.74) is 9.41. The summed E-state index contributed by atoms with van der Waals surface area (Å²) in [6.07, 6.45) is 1.08. The predicted octanol–water partition coefficient (Wildman–Crippen LogP) is 2.44. The minimum Gasteiger partial charge on any atom is -0.378 e. The molecule has 0 unspecified atom stereocenters. The second-order valence-electron chi connectivity index (χ2n) is 4.53. The largest absolute Gasteiger partial charge is 0.378 e. The van der Waals surface area contributed by atoms with E-state index in [1.54, 1.807) is 18.4 Å². The maximum absolute atomic E-state index is 5.78. The van der Waals surface area contributed by atoms with E-state index >= 15 is 0 Å². The molecule has 0 aliphatic carbocycles. The molecule has 1 aromatic heterocycles. The Bertz CT molecular complexity index is 582. The van der Waals surface area contributed by atoms with Crippen molar-refractivity contribution < 1.29 is 4.74 Å². The molecule has 0 atom stereocenters. The van der Waals surface area contributed by atoms with Crippen LogP contribution < -0.4 is 10.6 Å². The van der Waals surface area contributed by atoms with Crippen molar-refractivity contribution in [1.29, 1.82) is 0 Å². The fraction of sp³-hybridized carbons (Fsp3) is 0.357. The maximum Gasteiger partial charge on any atom is 0.190 e. The van der Waals surface area contributed by atoms with Gasteiger partial charge in [0, 0.05) is 30.8 Å². The number of benzene rings is 1. The fourth-order valence-corrected chi connectivity index (χ4v) is 3.41. The van der Waals surface area contributed by atoms with E-state index in [4.69, 9.17) is 15.5 Å². The summed E-state index contributed by atoms with van der Waals surface area (Å²) in [5, 5.41) is 1.03. The van der Waals surface area contributed by atoms with Crippen LogP contribution in [0.15, 0.2) is 24.3 Å². The average Bonchev–Trinajstić information content (AvgIpc) is 3.02. The Balaban J connectivity index is 1.95. The van der Waals surface area contributed by atoms with Gasteiger partial charge in [0.15, 0.2) is 5.13 Å². The number of anilines is 2. The molecule has 19 heavy (non-hydrogen) atoms. The second kappa shape index (κ2) is 5.28. The lowest BCUT2D eigenvalue weighted by molar-refractivity contribution is 0.181. The number of nitrogens with two attached hydrogens (primary N) is 1. The van der Waals surface area contributed by atoms with Gasteiger partial charge < -0.3 is 15.4 Å². The van der Waals surface area contributed by atoms with Gasteiger partial charge in [0.25, 0.3) is 0 Å². The van der Waals surface area contributed by atoms with Crippen LogP contribution in [0.4, 0.5) is 10.8 Å². The summed E-state index contributed by atoms with van der Waals surface area (Å²) in [7, 11) is 1.68. The Hall–Kier alpha value is -1.43. The first kappa shape index (κ1) is 12.6. The van der Waals surface area contributed by atoms with Crippen LogP contribution in [-0.2, 0) is 24.3 Å². The average molecular weight is 275 g/mol. The lowest BCUT2D eigenvalue weighted by Gasteiger charge is -2.15. The molecule has 3 rings (SSSR count). The van der Waals surface area contributed by atoms with Crippen LogP contribution in [0, 0.1) is 0 Å². The molecule has 0 saturated carbocycles. The number of ether oxygens (including phenoxy) is 1. The third-order valence-corrected chi connectivity index (χ3v) is 4.49. The number of hydrogen-bond acceptors (Lipinski definition) is 5. The van der Waals surface area contributed by atoms with Gasteiger partial charge >= 0.3 is 0 Å². The van der Waals surface area contributed by atoms with Crippen molar-refractivity contribution in [3.8, 4) is 0 Å². The number of aromatic nitrogens is 1. The Morgan fingerprint density at radius 2 is 2.26 bits per heavy atom. The Morgan fingerprint density at radius 3 is 3.05 bits per heavy atom. The van der Waals surface area contributed by atoms with Crippen LogP contribution in [0.1, 0.15) is 16.1 Å². The minimum atomic E-state index is 0.520. The number of nitrogens with zero attached hydrogens (tertiary/aromatic N) is 2. The lowest BCUT2D eigenvalue weighted by Crippen LogP contribution is -2.12. The van der Waals surface area contributed by atoms with Gasteiger partial charge in [0.05, 0.1) is 12.3 Å². The van der Waals surface area contributed by atoms with E-state index in [0.717, 1.165) is 28.7 Å². The molecule has 4 nitrogen and oxygen atoms in total. The quantitative estimate of drug-likeness (QED) is 0.931. The zero-order chi connectivity index (χ0) is 13.2. The Labute approximate surface area is 116 Å². The number of rotatable bonds is 4. The summed E-state index contributed by atoms with van der Waals surface area (Å²) in [5.74, 6) is 0. The van der Waals surface area contributed by atoms with Crippen molar-refractivity contribution in [3.05, 3.63) is 40.4 Å². The molecule has 0 saturated heterocycles. The molecule has 2 N–H and O–H groups in total. The molecule has 0 bridgehead atoms. The molecule has 1 aromatic carbocycles. The first-order valence-corrected chi connectivity index (χ1v) is 7.18. The highest BCUT2D eigenvalue weighted by Crippen LogP contribution is 2.37. The van der Waals surface area contributed by atoms with E-state index in [2.05, 4.69) is 29.2 Å². The van der Waals surface area contributed by atoms with Gasteiger partial charge in [-0.3, -0.25) is 0 Å². The molecule has 100 valence electrons. The van der Waals surface area contributed by atoms with Gasteiger partial charge in [0.1, 0.15) is 0 Å². The first-order chi connectivity index (χ1) is 9.33. The van der Waals surface area contributed by atoms with E-state index < -0.39 is 0 Å². The van der Waals surface area contributed by atoms with Crippen LogP contribution in [0.3, 0.4) is 0 Å². The van der Waals surface area contributed by atoms with E-state index in [-0.39, 0.29) is 0 Å². The Kier molecular flexibility index (Phi) is 3.50. The van der Waals surface area contributed by atoms with Crippen LogP contribution >= 0.6 is 11.3 Å². The second-order valence-corrected chi connectivity index (χ2v) is 5.60. The van der Waals surface area contributed by atoms with E-state index in [9.17, 15) is 0 Å². The summed E-state index contributed by atoms with van der Waals surface area (Å²) in [6, 6.07) is 8.50. The Morgan fingerprint density at radius 1 is 1.42 bits per heavy atom. The highest BCUT2D eigenvalue weighted by atomic mass is 32.1. The van der Waals surface area contributed by atoms with Gasteiger partial charge in [-0.1, -0.05) is 29.5 Å². The van der Waals surface area contributed by atoms with E-state index in [1.165, 1.54) is 11.3 Å². The molecule has 0 fully saturated rings. The molecule has 0 amide bonds. The number of methoxy groups -OCH3 is 1. The van der Waals surface area contributed by atoms with E-state index in [0.29, 0.717) is 13.2 Å². The van der Waals surface area contributed by atoms with Crippen LogP contribution in [0.5, 0.6) is 0 Å². The van der Waals surface area contributed by atoms with Gasteiger partial charge in [-0.2, -0.15) is 0 Å². The van der Waals surface area contributed by atoms with Crippen molar-refractivity contribution in [2.75, 3.05) is 18.6 Å². The van der Waals surface area contributed by atoms with Gasteiger partial charge in [-0.15, -0.1) is 0 Å². The summed E-state index contributed by atoms with van der Waals surface area (Å²) in [4.78, 5) is 8.08. The number of hydrogen-bond donors (Lipinski definition) is 1. The van der Waals surface area contributed by atoms with Crippen molar-refractivity contribution in [3.63, 3.8) is 0 Å². The van der Waals surface area contributed by atoms with E-state index in [1.807, 2.05) is 0 Å². The highest BCUT2D eigenvalue weighted by molar-refractivity contribution is 7.15. The number of fused-ring (bicyclic) bond motifs is 1. The summed E-state index contributed by atoms with van der Waals surface area (Å²) in [6.45, 7) is 2.04. The lowest BCUT2D eigenvalue weighted by atomic mass is 10.2. The van der Waals surface area contributed by atoms with Crippen LogP contribution in [-0.4, -0.2) is 18.6 Å². The molecule has 5 heteroatoms. The summed E-state index contributed by atoms with van der Waals surface area (Å²) < 4.78 is 5.19. The van der Waals surface area contributed by atoms with Crippen LogP contribution in [0.2, 0.25) is 0 Å². The van der Waals surface area contributed by atoms with Crippen molar-refractivity contribution >= 4 is 22.2 Å². The van der Waals surface area contributed by atoms with Crippen molar-refractivity contribution in [1.82, 2.24) is 4.98 Å². The third-order valence-electron chi connectivity index (χ3n) is 3.35. The molecule has 2 heterocycles. The molecule has 2 aromatic rings. The molecular formula is C14H17N3OS. The normalized spacial score (nSPS) is 13.9. The monoisotopic (exact) mass is 275 g/mol. The van der Waals surface area contributed by atoms with Gasteiger partial charge in [-0.25, -0.2) is 4.98 Å². The molecule has 1 aliphatic heterocycles. The third kappa shape index (κ3) is 2.25. The zero-order valence-electron chi connectivity index (χ0n) is 10.9. The smallest absolute Gasteiger partial charge is 0.190 e. The first-order valence-electron chi connectivity index (χ1n) is 6.36. The summed E-state index contributed by atoms with van der Waals surface area (Å²) >= 11 is 1.67. The molecular weight excluding hydrogens is 258 g/mol. The number of para-hydroxylation sites is 1. The minimum absolute atomic E-state index is 0.520. The van der Waals surface area contributed by atoms with Gasteiger partial charge in [0.2, 0.25) is 0 Å². The molecule has 0 spiro atoms. The van der Waals surface area contributed by atoms with Crippen LogP contribution in [0.25, 0.3) is 0 Å². The number of thiazole rings is 1. The molecule has 1 aliphatic rings. The zero-order valence-corrected chi connectivity index (χ0v) is 11.7. The standard InChI is InChI=1S/C14H17N3OS/c1-18-9-11-13(8-15)19-14(16-11)17-7-6-10-4-2-3-5-12(10)17/h2-5H,6-9,15H2,1H3. The highest BCUT2D eigenvalue weighted by Gasteiger charge is 2.23. The maximum atomic E-state index is 5.78. The topological polar surface area (TPSA) is 51.4 Å². The van der Waals surface area contributed by atoms with Gasteiger partial charge in [-0.05, 0) is 18.1 Å². The van der Waals surface area contributed by atoms with Crippen molar-refractivity contribution in [2.24, 2.45) is 5.73 Å².